The van der Waals surface area contributed by atoms with Crippen molar-refractivity contribution in [2.45, 2.75) is 6.18 Å². The average molecular weight is 233 g/mol. The van der Waals surface area contributed by atoms with Gasteiger partial charge in [-0.3, -0.25) is 0 Å². The van der Waals surface area contributed by atoms with E-state index in [9.17, 15) is 13.2 Å². The average Bonchev–Trinajstić information content (AvgIpc) is 2.15. The molecule has 0 fully saturated rings. The standard InChI is InChI=1S/C9H10F3N3O/c1-16-7-3-2-5(9(10,11)12)4-6(7)15-8(13)14/h2-4H,1H3,(H4,13,14,15). The molecular weight excluding hydrogens is 223 g/mol. The van der Waals surface area contributed by atoms with Gasteiger partial charge in [0.15, 0.2) is 5.96 Å². The fraction of sp³-hybridized carbons (Fsp3) is 0.222. The first-order chi connectivity index (χ1) is 7.34. The molecule has 0 unspecified atom stereocenters. The van der Waals surface area contributed by atoms with E-state index >= 15 is 0 Å². The van der Waals surface area contributed by atoms with Crippen LogP contribution < -0.4 is 16.2 Å². The van der Waals surface area contributed by atoms with Crippen LogP contribution in [-0.2, 0) is 6.18 Å². The predicted octanol–water partition coefficient (Wildman–Crippen LogP) is 1.62. The Morgan fingerprint density at radius 3 is 2.38 bits per heavy atom. The molecule has 0 radical (unpaired) electrons. The van der Waals surface area contributed by atoms with Gasteiger partial charge in [0.25, 0.3) is 0 Å². The number of alkyl halides is 3. The first-order valence-electron chi connectivity index (χ1n) is 4.19. The van der Waals surface area contributed by atoms with Gasteiger partial charge in [0, 0.05) is 0 Å². The molecule has 0 saturated heterocycles. The third kappa shape index (κ3) is 2.78. The summed E-state index contributed by atoms with van der Waals surface area (Å²) in [5.74, 6) is -0.168. The molecule has 0 aliphatic rings. The molecule has 1 aromatic rings. The monoisotopic (exact) mass is 233 g/mol. The molecule has 1 rings (SSSR count). The first-order valence-corrected chi connectivity index (χ1v) is 4.19. The summed E-state index contributed by atoms with van der Waals surface area (Å²) in [4.78, 5) is 3.55. The molecule has 1 aromatic carbocycles. The molecule has 0 atom stereocenters. The molecule has 88 valence electrons. The van der Waals surface area contributed by atoms with Crippen LogP contribution in [0.5, 0.6) is 5.75 Å². The van der Waals surface area contributed by atoms with E-state index in [1.807, 2.05) is 0 Å². The summed E-state index contributed by atoms with van der Waals surface area (Å²) in [6, 6.07) is 2.87. The van der Waals surface area contributed by atoms with E-state index in [1.54, 1.807) is 0 Å². The van der Waals surface area contributed by atoms with Crippen LogP contribution in [-0.4, -0.2) is 13.1 Å². The van der Waals surface area contributed by atoms with Crippen LogP contribution in [0.3, 0.4) is 0 Å². The molecule has 0 amide bonds. The molecule has 4 nitrogen and oxygen atoms in total. The lowest BCUT2D eigenvalue weighted by atomic mass is 10.2. The molecule has 0 aliphatic carbocycles. The number of ether oxygens (including phenoxy) is 1. The second-order valence-corrected chi connectivity index (χ2v) is 2.92. The van der Waals surface area contributed by atoms with Crippen LogP contribution in [0.2, 0.25) is 0 Å². The van der Waals surface area contributed by atoms with Gasteiger partial charge in [-0.25, -0.2) is 4.99 Å². The molecule has 0 spiro atoms. The molecule has 0 bridgehead atoms. The van der Waals surface area contributed by atoms with Crippen LogP contribution in [0.1, 0.15) is 5.56 Å². The Kier molecular flexibility index (Phi) is 3.26. The summed E-state index contributed by atoms with van der Waals surface area (Å²) in [5, 5.41) is 0. The Labute approximate surface area is 89.7 Å². The van der Waals surface area contributed by atoms with Crippen LogP contribution in [0.15, 0.2) is 23.2 Å². The van der Waals surface area contributed by atoms with Crippen molar-refractivity contribution in [1.29, 1.82) is 0 Å². The van der Waals surface area contributed by atoms with E-state index in [4.69, 9.17) is 16.2 Å². The summed E-state index contributed by atoms with van der Waals surface area (Å²) in [5.41, 5.74) is 9.30. The number of guanidine groups is 1. The second-order valence-electron chi connectivity index (χ2n) is 2.92. The van der Waals surface area contributed by atoms with Crippen LogP contribution in [0, 0.1) is 0 Å². The molecule has 0 heterocycles. The molecule has 0 aliphatic heterocycles. The van der Waals surface area contributed by atoms with Crippen molar-refractivity contribution in [3.8, 4) is 5.75 Å². The Morgan fingerprint density at radius 2 is 1.94 bits per heavy atom. The van der Waals surface area contributed by atoms with Crippen LogP contribution in [0.4, 0.5) is 18.9 Å². The number of halogens is 3. The fourth-order valence-electron chi connectivity index (χ4n) is 1.09. The zero-order valence-electron chi connectivity index (χ0n) is 8.38. The van der Waals surface area contributed by atoms with Gasteiger partial charge < -0.3 is 16.2 Å². The lowest BCUT2D eigenvalue weighted by Gasteiger charge is -2.10. The third-order valence-electron chi connectivity index (χ3n) is 1.76. The van der Waals surface area contributed by atoms with E-state index < -0.39 is 11.7 Å². The highest BCUT2D eigenvalue weighted by molar-refractivity contribution is 5.80. The number of hydrogen-bond acceptors (Lipinski definition) is 2. The van der Waals surface area contributed by atoms with E-state index in [0.29, 0.717) is 0 Å². The van der Waals surface area contributed by atoms with Gasteiger partial charge in [-0.05, 0) is 18.2 Å². The van der Waals surface area contributed by atoms with Crippen LogP contribution >= 0.6 is 0 Å². The molecule has 4 N–H and O–H groups in total. The highest BCUT2D eigenvalue weighted by atomic mass is 19.4. The quantitative estimate of drug-likeness (QED) is 0.602. The zero-order valence-corrected chi connectivity index (χ0v) is 8.38. The third-order valence-corrected chi connectivity index (χ3v) is 1.76. The summed E-state index contributed by atoms with van der Waals surface area (Å²) in [7, 11) is 1.31. The lowest BCUT2D eigenvalue weighted by Crippen LogP contribution is -2.22. The predicted molar refractivity (Wildman–Crippen MR) is 53.5 cm³/mol. The minimum absolute atomic E-state index is 0.0580. The Bertz CT molecular complexity index is 411. The number of benzene rings is 1. The number of hydrogen-bond donors (Lipinski definition) is 2. The Balaban J connectivity index is 3.27. The number of rotatable bonds is 2. The van der Waals surface area contributed by atoms with Crippen molar-refractivity contribution in [3.63, 3.8) is 0 Å². The van der Waals surface area contributed by atoms with Gasteiger partial charge in [0.2, 0.25) is 0 Å². The molecule has 0 saturated carbocycles. The van der Waals surface area contributed by atoms with Gasteiger partial charge in [0.05, 0.1) is 12.7 Å². The van der Waals surface area contributed by atoms with E-state index in [-0.39, 0.29) is 17.4 Å². The van der Waals surface area contributed by atoms with Gasteiger partial charge in [-0.2, -0.15) is 13.2 Å². The largest absolute Gasteiger partial charge is 0.494 e. The van der Waals surface area contributed by atoms with Gasteiger partial charge in [0.1, 0.15) is 11.4 Å². The van der Waals surface area contributed by atoms with Gasteiger partial charge >= 0.3 is 6.18 Å². The van der Waals surface area contributed by atoms with Gasteiger partial charge in [-0.1, -0.05) is 0 Å². The minimum atomic E-state index is -4.44. The second kappa shape index (κ2) is 4.30. The SMILES string of the molecule is COc1ccc(C(F)(F)F)cc1N=C(N)N. The van der Waals surface area contributed by atoms with Crippen molar-refractivity contribution in [2.75, 3.05) is 7.11 Å². The molecule has 7 heteroatoms. The van der Waals surface area contributed by atoms with Crippen molar-refractivity contribution >= 4 is 11.6 Å². The normalized spacial score (nSPS) is 11.0. The van der Waals surface area contributed by atoms with Gasteiger partial charge in [-0.15, -0.1) is 0 Å². The van der Waals surface area contributed by atoms with E-state index in [0.717, 1.165) is 18.2 Å². The lowest BCUT2D eigenvalue weighted by molar-refractivity contribution is -0.137. The first kappa shape index (κ1) is 12.2. The summed E-state index contributed by atoms with van der Waals surface area (Å²) in [6.45, 7) is 0. The summed E-state index contributed by atoms with van der Waals surface area (Å²) < 4.78 is 42.0. The number of nitrogens with two attached hydrogens (primary N) is 2. The summed E-state index contributed by atoms with van der Waals surface area (Å²) >= 11 is 0. The topological polar surface area (TPSA) is 73.6 Å². The maximum Gasteiger partial charge on any atom is 0.416 e. The van der Waals surface area contributed by atoms with E-state index in [1.165, 1.54) is 7.11 Å². The maximum absolute atomic E-state index is 12.4. The number of methoxy groups -OCH3 is 1. The van der Waals surface area contributed by atoms with Crippen molar-refractivity contribution in [3.05, 3.63) is 23.8 Å². The summed E-state index contributed by atoms with van der Waals surface area (Å²) in [6.07, 6.45) is -4.44. The number of aliphatic imine (C=N–C) groups is 1. The maximum atomic E-state index is 12.4. The van der Waals surface area contributed by atoms with Crippen LogP contribution in [0.25, 0.3) is 0 Å². The molecule has 0 aromatic heterocycles. The highest BCUT2D eigenvalue weighted by Gasteiger charge is 2.31. The number of nitrogens with zero attached hydrogens (tertiary/aromatic N) is 1. The van der Waals surface area contributed by atoms with Crippen molar-refractivity contribution in [1.82, 2.24) is 0 Å². The minimum Gasteiger partial charge on any atom is -0.494 e. The van der Waals surface area contributed by atoms with Crippen molar-refractivity contribution in [2.24, 2.45) is 16.5 Å². The zero-order chi connectivity index (χ0) is 12.3. The molecular formula is C9H10F3N3O. The van der Waals surface area contributed by atoms with Crippen molar-refractivity contribution < 1.29 is 17.9 Å². The molecule has 16 heavy (non-hydrogen) atoms. The smallest absolute Gasteiger partial charge is 0.416 e. The highest BCUT2D eigenvalue weighted by Crippen LogP contribution is 2.36. The Morgan fingerprint density at radius 1 is 1.31 bits per heavy atom. The Hall–Kier alpha value is -1.92. The fourth-order valence-corrected chi connectivity index (χ4v) is 1.09. The van der Waals surface area contributed by atoms with E-state index in [2.05, 4.69) is 4.99 Å².